The van der Waals surface area contributed by atoms with E-state index in [0.717, 1.165) is 18.1 Å². The second-order valence-corrected chi connectivity index (χ2v) is 5.40. The van der Waals surface area contributed by atoms with E-state index in [1.165, 1.54) is 0 Å². The highest BCUT2D eigenvalue weighted by Gasteiger charge is 2.15. The van der Waals surface area contributed by atoms with Crippen molar-refractivity contribution >= 4 is 12.1 Å². The minimum atomic E-state index is -0.833. The molecule has 21 heavy (non-hydrogen) atoms. The van der Waals surface area contributed by atoms with Crippen molar-refractivity contribution < 1.29 is 19.4 Å². The van der Waals surface area contributed by atoms with E-state index in [-0.39, 0.29) is 0 Å². The lowest BCUT2D eigenvalue weighted by Gasteiger charge is -2.19. The molecule has 0 spiro atoms. The van der Waals surface area contributed by atoms with Crippen LogP contribution in [0.1, 0.15) is 38.8 Å². The Kier molecular flexibility index (Phi) is 8.08. The Balaban J connectivity index is 0.000000885. The van der Waals surface area contributed by atoms with E-state index in [0.29, 0.717) is 13.1 Å². The average Bonchev–Trinajstić information content (AvgIpc) is 2.34. The standard InChI is InChI=1S/C13H20N2O2.C2H4O2/c1-13(2,3)17-12(16)15-9-11-6-4-10(8-14)5-7-11;1-2(3)4/h4-7H,8-9,14H2,1-3H3,(H,15,16);1H3,(H,3,4). The molecule has 0 aliphatic carbocycles. The molecule has 1 amide bonds. The van der Waals surface area contributed by atoms with Crippen molar-refractivity contribution in [2.24, 2.45) is 5.73 Å². The Labute approximate surface area is 125 Å². The first-order valence-corrected chi connectivity index (χ1v) is 6.58. The molecule has 0 aliphatic rings. The number of hydrogen-bond acceptors (Lipinski definition) is 4. The fraction of sp³-hybridized carbons (Fsp3) is 0.467. The van der Waals surface area contributed by atoms with Gasteiger partial charge in [-0.05, 0) is 31.9 Å². The number of carbonyl (C=O) groups is 2. The number of carboxylic acids is 1. The van der Waals surface area contributed by atoms with Crippen LogP contribution in [0.2, 0.25) is 0 Å². The number of amides is 1. The molecule has 0 saturated heterocycles. The number of aliphatic carboxylic acids is 1. The largest absolute Gasteiger partial charge is 0.481 e. The third-order valence-electron chi connectivity index (χ3n) is 2.09. The summed E-state index contributed by atoms with van der Waals surface area (Å²) in [5.74, 6) is -0.833. The molecule has 0 unspecified atom stereocenters. The van der Waals surface area contributed by atoms with Gasteiger partial charge in [0, 0.05) is 20.0 Å². The van der Waals surface area contributed by atoms with Crippen molar-refractivity contribution in [2.45, 2.75) is 46.4 Å². The summed E-state index contributed by atoms with van der Waals surface area (Å²) >= 11 is 0. The number of hydrogen-bond donors (Lipinski definition) is 3. The van der Waals surface area contributed by atoms with Gasteiger partial charge >= 0.3 is 6.09 Å². The third kappa shape index (κ3) is 11.4. The molecular formula is C15H24N2O4. The molecule has 1 aromatic rings. The summed E-state index contributed by atoms with van der Waals surface area (Å²) in [7, 11) is 0. The Hall–Kier alpha value is -2.08. The summed E-state index contributed by atoms with van der Waals surface area (Å²) in [5, 5.41) is 10.1. The van der Waals surface area contributed by atoms with Crippen molar-refractivity contribution in [3.8, 4) is 0 Å². The van der Waals surface area contributed by atoms with Crippen molar-refractivity contribution in [3.63, 3.8) is 0 Å². The Morgan fingerprint density at radius 2 is 1.62 bits per heavy atom. The molecule has 6 heteroatoms. The van der Waals surface area contributed by atoms with Gasteiger partial charge < -0.3 is 20.9 Å². The molecule has 0 bridgehead atoms. The highest BCUT2D eigenvalue weighted by molar-refractivity contribution is 5.67. The van der Waals surface area contributed by atoms with E-state index in [9.17, 15) is 4.79 Å². The fourth-order valence-electron chi connectivity index (χ4n) is 1.28. The van der Waals surface area contributed by atoms with Gasteiger partial charge in [0.1, 0.15) is 5.60 Å². The number of rotatable bonds is 3. The van der Waals surface area contributed by atoms with Gasteiger partial charge in [-0.2, -0.15) is 0 Å². The van der Waals surface area contributed by atoms with Gasteiger partial charge in [0.2, 0.25) is 0 Å². The molecule has 6 nitrogen and oxygen atoms in total. The number of benzene rings is 1. The van der Waals surface area contributed by atoms with Crippen molar-refractivity contribution in [2.75, 3.05) is 0 Å². The lowest BCUT2D eigenvalue weighted by molar-refractivity contribution is -0.134. The van der Waals surface area contributed by atoms with E-state index in [4.69, 9.17) is 20.4 Å². The monoisotopic (exact) mass is 296 g/mol. The van der Waals surface area contributed by atoms with E-state index >= 15 is 0 Å². The van der Waals surface area contributed by atoms with Crippen LogP contribution in [-0.4, -0.2) is 22.8 Å². The van der Waals surface area contributed by atoms with Crippen LogP contribution >= 0.6 is 0 Å². The SMILES string of the molecule is CC(=O)O.CC(C)(C)OC(=O)NCc1ccc(CN)cc1. The van der Waals surface area contributed by atoms with Crippen LogP contribution in [0.25, 0.3) is 0 Å². The number of carbonyl (C=O) groups excluding carboxylic acids is 1. The summed E-state index contributed by atoms with van der Waals surface area (Å²) in [6, 6.07) is 7.79. The summed E-state index contributed by atoms with van der Waals surface area (Å²) in [6.07, 6.45) is -0.402. The number of alkyl carbamates (subject to hydrolysis) is 1. The molecule has 0 fully saturated rings. The maximum atomic E-state index is 11.4. The smallest absolute Gasteiger partial charge is 0.407 e. The molecule has 0 heterocycles. The van der Waals surface area contributed by atoms with Gasteiger partial charge in [0.05, 0.1) is 0 Å². The van der Waals surface area contributed by atoms with Crippen LogP contribution in [0, 0.1) is 0 Å². The van der Waals surface area contributed by atoms with Gasteiger partial charge in [-0.3, -0.25) is 4.79 Å². The first-order chi connectivity index (χ1) is 9.64. The van der Waals surface area contributed by atoms with E-state index < -0.39 is 17.7 Å². The van der Waals surface area contributed by atoms with Crippen LogP contribution < -0.4 is 11.1 Å². The molecule has 0 saturated carbocycles. The molecule has 0 atom stereocenters. The molecule has 0 aromatic heterocycles. The number of nitrogens with one attached hydrogen (secondary N) is 1. The summed E-state index contributed by atoms with van der Waals surface area (Å²) < 4.78 is 5.13. The van der Waals surface area contributed by atoms with Crippen molar-refractivity contribution in [1.82, 2.24) is 5.32 Å². The molecule has 118 valence electrons. The van der Waals surface area contributed by atoms with Gasteiger partial charge in [0.15, 0.2) is 0 Å². The van der Waals surface area contributed by atoms with Crippen molar-refractivity contribution in [1.29, 1.82) is 0 Å². The topological polar surface area (TPSA) is 102 Å². The van der Waals surface area contributed by atoms with Crippen LogP contribution in [0.4, 0.5) is 4.79 Å². The molecular weight excluding hydrogens is 272 g/mol. The Bertz CT molecular complexity index is 446. The molecule has 4 N–H and O–H groups in total. The van der Waals surface area contributed by atoms with Crippen LogP contribution in [-0.2, 0) is 22.6 Å². The zero-order valence-electron chi connectivity index (χ0n) is 13.0. The van der Waals surface area contributed by atoms with Gasteiger partial charge in [0.25, 0.3) is 5.97 Å². The van der Waals surface area contributed by atoms with E-state index in [1.807, 2.05) is 45.0 Å². The first kappa shape index (κ1) is 18.9. The zero-order chi connectivity index (χ0) is 16.5. The zero-order valence-corrected chi connectivity index (χ0v) is 13.0. The second kappa shape index (κ2) is 8.97. The maximum absolute atomic E-state index is 11.4. The maximum Gasteiger partial charge on any atom is 0.407 e. The molecule has 1 aromatic carbocycles. The van der Waals surface area contributed by atoms with E-state index in [1.54, 1.807) is 0 Å². The first-order valence-electron chi connectivity index (χ1n) is 6.58. The number of nitrogens with two attached hydrogens (primary N) is 1. The van der Waals surface area contributed by atoms with Crippen LogP contribution in [0.15, 0.2) is 24.3 Å². The van der Waals surface area contributed by atoms with Gasteiger partial charge in [-0.1, -0.05) is 24.3 Å². The minimum absolute atomic E-state index is 0.402. The number of ether oxygens (including phenoxy) is 1. The Morgan fingerprint density at radius 1 is 1.19 bits per heavy atom. The highest BCUT2D eigenvalue weighted by atomic mass is 16.6. The average molecular weight is 296 g/mol. The Morgan fingerprint density at radius 3 is 2.00 bits per heavy atom. The normalized spacial score (nSPS) is 10.1. The molecule has 1 rings (SSSR count). The van der Waals surface area contributed by atoms with Gasteiger partial charge in [-0.25, -0.2) is 4.79 Å². The van der Waals surface area contributed by atoms with E-state index in [2.05, 4.69) is 5.32 Å². The lowest BCUT2D eigenvalue weighted by atomic mass is 10.1. The third-order valence-corrected chi connectivity index (χ3v) is 2.09. The minimum Gasteiger partial charge on any atom is -0.481 e. The van der Waals surface area contributed by atoms with Crippen molar-refractivity contribution in [3.05, 3.63) is 35.4 Å². The predicted molar refractivity (Wildman–Crippen MR) is 80.7 cm³/mol. The van der Waals surface area contributed by atoms with Crippen LogP contribution in [0.3, 0.4) is 0 Å². The summed E-state index contributed by atoms with van der Waals surface area (Å²) in [6.45, 7) is 7.58. The fourth-order valence-corrected chi connectivity index (χ4v) is 1.28. The number of carboxylic acid groups (broad SMARTS) is 1. The predicted octanol–water partition coefficient (Wildman–Crippen LogP) is 2.26. The van der Waals surface area contributed by atoms with Gasteiger partial charge in [-0.15, -0.1) is 0 Å². The quantitative estimate of drug-likeness (QED) is 0.794. The molecule has 0 aliphatic heterocycles. The summed E-state index contributed by atoms with van der Waals surface area (Å²) in [4.78, 5) is 20.4. The van der Waals surface area contributed by atoms with Crippen LogP contribution in [0.5, 0.6) is 0 Å². The lowest BCUT2D eigenvalue weighted by Crippen LogP contribution is -2.32. The molecule has 0 radical (unpaired) electrons. The second-order valence-electron chi connectivity index (χ2n) is 5.40. The summed E-state index contributed by atoms with van der Waals surface area (Å²) in [5.41, 5.74) is 7.13. The highest BCUT2D eigenvalue weighted by Crippen LogP contribution is 2.07.